The van der Waals surface area contributed by atoms with E-state index in [4.69, 9.17) is 9.47 Å². The fourth-order valence-corrected chi connectivity index (χ4v) is 14.2. The predicted octanol–water partition coefficient (Wildman–Crippen LogP) is 0.315. The van der Waals surface area contributed by atoms with Crippen LogP contribution >= 0.6 is 0 Å². The normalized spacial score (nSPS) is 19.3. The van der Waals surface area contributed by atoms with Crippen LogP contribution in [0, 0.1) is 22.7 Å². The molecular formula is C74H96F4N18O16. The third kappa shape index (κ3) is 26.0. The highest BCUT2D eigenvalue weighted by Crippen LogP contribution is 2.33. The molecule has 0 radical (unpaired) electrons. The minimum Gasteiger partial charge on any atom is -0.494 e. The van der Waals surface area contributed by atoms with Crippen molar-refractivity contribution in [3.63, 3.8) is 0 Å². The number of aliphatic carboxylic acids is 3. The monoisotopic (exact) mass is 1570 g/mol. The van der Waals surface area contributed by atoms with Crippen molar-refractivity contribution in [1.82, 2.24) is 80.2 Å². The Kier molecular flexibility index (Phi) is 31.4. The minimum atomic E-state index is -3.22. The second kappa shape index (κ2) is 41.1. The Morgan fingerprint density at radius 1 is 0.491 bits per heavy atom. The lowest BCUT2D eigenvalue weighted by molar-refractivity contribution is -0.140. The number of halogens is 4. The number of alkyl halides is 4. The van der Waals surface area contributed by atoms with Crippen molar-refractivity contribution in [3.05, 3.63) is 72.1 Å². The number of carboxylic acid groups (broad SMARTS) is 3. The second-order valence-electron chi connectivity index (χ2n) is 28.4. The molecule has 0 bridgehead atoms. The first-order valence-corrected chi connectivity index (χ1v) is 37.5. The standard InChI is InChI=1S/C74H96F4N18O16/c75-73(76)39-51(41-79)95(49-73)65(100)43-84-70(108)55-12-15-81-59-8-6-53(37-57(55)59)111-35-3-17-87-27-31-93(32-28-87)64(99)11-10-62(97)86-61(5-1-2-14-83-63(98)45-89-19-21-90(46-67(102)103)23-25-92(48-69(106)107)26-24-91(22-20-89)47-68(104)105)72(110)94-33-29-88(30-34-94)18-4-36-112-54-7-9-60-58(38-54)56(13-16-82-60)71(109)85-44-66(101)96-50-74(77,78)40-52(96)42-80/h6-9,12-13,15-16,37-38,51-52,61H,1-5,10-11,14,17-36,39-40,43-50H2,(H,83,98)(H,84,108)(H,85,109)(H,86,97)(H,102,103)(H,104,105)(H,106,107)/t51-,52-,61+/m1/s1. The van der Waals surface area contributed by atoms with Gasteiger partial charge < -0.3 is 65.7 Å². The minimum absolute atomic E-state index is 0.101. The van der Waals surface area contributed by atoms with E-state index in [0.29, 0.717) is 131 Å². The number of carbonyl (C=O) groups excluding carboxylic acids is 8. The van der Waals surface area contributed by atoms with Gasteiger partial charge in [0.05, 0.1) is 99.9 Å². The molecule has 0 spiro atoms. The number of benzene rings is 2. The zero-order chi connectivity index (χ0) is 80.5. The van der Waals surface area contributed by atoms with E-state index in [1.165, 1.54) is 24.5 Å². The summed E-state index contributed by atoms with van der Waals surface area (Å²) in [6, 6.07) is 12.8. The highest BCUT2D eigenvalue weighted by Gasteiger charge is 2.48. The molecule has 3 atom stereocenters. The Balaban J connectivity index is 0.736. The number of amides is 8. The van der Waals surface area contributed by atoms with Crippen molar-refractivity contribution in [3.8, 4) is 23.6 Å². The molecule has 0 unspecified atom stereocenters. The molecule has 0 aliphatic carbocycles. The highest BCUT2D eigenvalue weighted by atomic mass is 19.3. The first-order chi connectivity index (χ1) is 53.6. The zero-order valence-corrected chi connectivity index (χ0v) is 62.3. The third-order valence-electron chi connectivity index (χ3n) is 20.2. The molecule has 606 valence electrons. The maximum atomic E-state index is 14.5. The largest absolute Gasteiger partial charge is 0.494 e. The average Bonchev–Trinajstić information content (AvgIpc) is 1.56. The third-order valence-corrected chi connectivity index (χ3v) is 20.2. The molecule has 7 heterocycles. The van der Waals surface area contributed by atoms with Crippen LogP contribution in [-0.2, 0) is 43.2 Å². The number of likely N-dealkylation sites (tertiary alicyclic amines) is 2. The van der Waals surface area contributed by atoms with Crippen LogP contribution in [-0.4, -0.2) is 359 Å². The molecule has 38 heteroatoms. The Morgan fingerprint density at radius 3 is 1.32 bits per heavy atom. The molecule has 0 saturated carbocycles. The number of fused-ring (bicyclic) bond motifs is 2. The quantitative estimate of drug-likeness (QED) is 0.0244. The van der Waals surface area contributed by atoms with Crippen LogP contribution in [0.4, 0.5) is 17.6 Å². The summed E-state index contributed by atoms with van der Waals surface area (Å²) in [5.74, 6) is -13.1. The van der Waals surface area contributed by atoms with Crippen LogP contribution in [0.15, 0.2) is 60.9 Å². The fourth-order valence-electron chi connectivity index (χ4n) is 14.2. The summed E-state index contributed by atoms with van der Waals surface area (Å²) in [5, 5.41) is 59.1. The number of unbranched alkanes of at least 4 members (excludes halogenated alkanes) is 1. The van der Waals surface area contributed by atoms with E-state index in [2.05, 4.69) is 41.0 Å². The molecule has 7 N–H and O–H groups in total. The van der Waals surface area contributed by atoms with Gasteiger partial charge >= 0.3 is 17.9 Å². The number of pyridine rings is 2. The smallest absolute Gasteiger partial charge is 0.317 e. The van der Waals surface area contributed by atoms with E-state index in [1.54, 1.807) is 77.9 Å². The molecule has 2 aromatic carbocycles. The summed E-state index contributed by atoms with van der Waals surface area (Å²) < 4.78 is 68.2. The van der Waals surface area contributed by atoms with Crippen LogP contribution < -0.4 is 30.7 Å². The Morgan fingerprint density at radius 2 is 0.902 bits per heavy atom. The van der Waals surface area contributed by atoms with Gasteiger partial charge in [-0.05, 0) is 80.6 Å². The van der Waals surface area contributed by atoms with Crippen LogP contribution in [0.1, 0.15) is 78.5 Å². The van der Waals surface area contributed by atoms with Crippen molar-refractivity contribution >= 4 is 87.0 Å². The summed E-state index contributed by atoms with van der Waals surface area (Å²) in [6.07, 6.45) is 3.13. The van der Waals surface area contributed by atoms with E-state index >= 15 is 0 Å². The van der Waals surface area contributed by atoms with Gasteiger partial charge in [0.25, 0.3) is 23.7 Å². The van der Waals surface area contributed by atoms with E-state index in [0.717, 1.165) is 9.80 Å². The second-order valence-corrected chi connectivity index (χ2v) is 28.4. The maximum Gasteiger partial charge on any atom is 0.317 e. The van der Waals surface area contributed by atoms with E-state index in [-0.39, 0.29) is 140 Å². The lowest BCUT2D eigenvalue weighted by Gasteiger charge is -2.36. The average molecular weight is 1570 g/mol. The number of carbonyl (C=O) groups is 11. The van der Waals surface area contributed by atoms with Crippen LogP contribution in [0.2, 0.25) is 0 Å². The SMILES string of the molecule is N#C[C@H]1CC(F)(F)CN1C(=O)CNC(=O)c1ccnc2ccc(OCCCN3CCN(C(=O)CCC(=O)N[C@@H](CCCCNC(=O)CN4CCN(CC(=O)O)CCN(CC(=O)O)CCN(CC(=O)O)CC4)C(=O)N4CCN(CCCOc5ccc6nccc(C(=O)NCC(=O)N7CC(F)(F)C[C@@H]7C#N)c6c5)CC4)CC3)cc12. The van der Waals surface area contributed by atoms with Gasteiger partial charge in [-0.3, -0.25) is 92.1 Å². The van der Waals surface area contributed by atoms with Crippen LogP contribution in [0.5, 0.6) is 11.5 Å². The van der Waals surface area contributed by atoms with Gasteiger partial charge in [-0.2, -0.15) is 10.5 Å². The topological polar surface area (TPSA) is 421 Å². The summed E-state index contributed by atoms with van der Waals surface area (Å²) in [4.78, 5) is 168. The number of nitriles is 2. The zero-order valence-electron chi connectivity index (χ0n) is 62.3. The number of aromatic nitrogens is 2. The van der Waals surface area contributed by atoms with Crippen molar-refractivity contribution < 1.29 is 95.1 Å². The molecule has 34 nitrogen and oxygen atoms in total. The summed E-state index contributed by atoms with van der Waals surface area (Å²) in [6.45, 7) is 3.26. The number of rotatable bonds is 34. The summed E-state index contributed by atoms with van der Waals surface area (Å²) in [5.41, 5.74) is 1.26. The van der Waals surface area contributed by atoms with Crippen molar-refractivity contribution in [2.45, 2.75) is 87.8 Å². The van der Waals surface area contributed by atoms with Crippen LogP contribution in [0.25, 0.3) is 21.8 Å². The van der Waals surface area contributed by atoms with E-state index < -0.39 is 116 Å². The number of hydrogen-bond acceptors (Lipinski definition) is 23. The van der Waals surface area contributed by atoms with Gasteiger partial charge in [-0.15, -0.1) is 0 Å². The summed E-state index contributed by atoms with van der Waals surface area (Å²) >= 11 is 0. The lowest BCUT2D eigenvalue weighted by atomic mass is 10.1. The van der Waals surface area contributed by atoms with Crippen molar-refractivity contribution in [2.75, 3.05) is 190 Å². The molecule has 112 heavy (non-hydrogen) atoms. The fraction of sp³-hybridized carbons (Fsp3) is 0.581. The van der Waals surface area contributed by atoms with Gasteiger partial charge in [-0.1, -0.05) is 0 Å². The highest BCUT2D eigenvalue weighted by molar-refractivity contribution is 6.08. The molecule has 5 aliphatic heterocycles. The van der Waals surface area contributed by atoms with Crippen molar-refractivity contribution in [1.29, 1.82) is 10.5 Å². The van der Waals surface area contributed by atoms with Crippen molar-refractivity contribution in [2.24, 2.45) is 0 Å². The van der Waals surface area contributed by atoms with Gasteiger partial charge in [-0.25, -0.2) is 17.6 Å². The number of hydrogen-bond donors (Lipinski definition) is 7. The van der Waals surface area contributed by atoms with Gasteiger partial charge in [0.15, 0.2) is 0 Å². The molecule has 5 aliphatic rings. The lowest BCUT2D eigenvalue weighted by Crippen LogP contribution is -2.55. The number of piperazine rings is 2. The molecular weight excluding hydrogens is 1470 g/mol. The van der Waals surface area contributed by atoms with Gasteiger partial charge in [0, 0.05) is 173 Å². The molecule has 8 amide bonds. The molecule has 4 aromatic rings. The van der Waals surface area contributed by atoms with Gasteiger partial charge in [0.1, 0.15) is 29.6 Å². The van der Waals surface area contributed by atoms with E-state index in [1.807, 2.05) is 0 Å². The predicted molar refractivity (Wildman–Crippen MR) is 392 cm³/mol. The Hall–Kier alpha value is -10.5. The van der Waals surface area contributed by atoms with Crippen LogP contribution in [0.3, 0.4) is 0 Å². The first-order valence-electron chi connectivity index (χ1n) is 37.5. The molecule has 5 fully saturated rings. The first kappa shape index (κ1) is 85.5. The maximum absolute atomic E-state index is 14.5. The molecule has 2 aromatic heterocycles. The molecule has 9 rings (SSSR count). The van der Waals surface area contributed by atoms with E-state index in [9.17, 15) is 96.1 Å². The van der Waals surface area contributed by atoms with Gasteiger partial charge in [0.2, 0.25) is 35.4 Å². The Bertz CT molecular complexity index is 4070. The number of nitrogens with one attached hydrogen (secondary N) is 4. The number of ether oxygens (including phenoxy) is 2. The number of carboxylic acids is 3. The Labute approximate surface area is 643 Å². The molecule has 5 saturated heterocycles. The number of nitrogens with zero attached hydrogens (tertiary/aromatic N) is 14. The summed E-state index contributed by atoms with van der Waals surface area (Å²) in [7, 11) is 0.